The minimum Gasteiger partial charge on any atom is -0.354 e. The molecule has 0 saturated heterocycles. The zero-order valence-corrected chi connectivity index (χ0v) is 15.7. The Morgan fingerprint density at radius 2 is 1.91 bits per heavy atom. The Hall–Kier alpha value is -1.02. The van der Waals surface area contributed by atoms with Crippen LogP contribution >= 0.6 is 23.2 Å². The zero-order chi connectivity index (χ0) is 17.6. The van der Waals surface area contributed by atoms with Gasteiger partial charge in [-0.3, -0.25) is 9.10 Å². The molecule has 1 aromatic rings. The summed E-state index contributed by atoms with van der Waals surface area (Å²) in [4.78, 5) is 14.0. The van der Waals surface area contributed by atoms with Gasteiger partial charge in [0.25, 0.3) is 0 Å². The molecule has 0 fully saturated rings. The fourth-order valence-electron chi connectivity index (χ4n) is 1.87. The van der Waals surface area contributed by atoms with E-state index in [0.29, 0.717) is 11.6 Å². The second kappa shape index (κ2) is 8.73. The van der Waals surface area contributed by atoms with Crippen molar-refractivity contribution >= 4 is 44.8 Å². The average Bonchev–Trinajstić information content (AvgIpc) is 2.42. The SMILES string of the molecule is CN(C)CCCNC(=O)CN(c1cc(Cl)ccc1Cl)S(C)(=O)=O. The molecule has 0 saturated carbocycles. The molecule has 0 heterocycles. The van der Waals surface area contributed by atoms with Crippen LogP contribution < -0.4 is 9.62 Å². The molecule has 6 nitrogen and oxygen atoms in total. The van der Waals surface area contributed by atoms with E-state index in [-0.39, 0.29) is 17.3 Å². The monoisotopic (exact) mass is 381 g/mol. The van der Waals surface area contributed by atoms with Crippen molar-refractivity contribution in [3.05, 3.63) is 28.2 Å². The highest BCUT2D eigenvalue weighted by Gasteiger charge is 2.23. The van der Waals surface area contributed by atoms with Gasteiger partial charge in [-0.25, -0.2) is 8.42 Å². The predicted molar refractivity (Wildman–Crippen MR) is 94.8 cm³/mol. The number of anilines is 1. The van der Waals surface area contributed by atoms with Crippen LogP contribution in [-0.4, -0.2) is 59.2 Å². The first-order chi connectivity index (χ1) is 10.6. The molecular formula is C14H21Cl2N3O3S. The molecule has 1 aromatic carbocycles. The standard InChI is InChI=1S/C14H21Cl2N3O3S/c1-18(2)8-4-7-17-14(20)10-19(23(3,21)22)13-9-11(15)5-6-12(13)16/h5-6,9H,4,7-8,10H2,1-3H3,(H,17,20). The lowest BCUT2D eigenvalue weighted by Crippen LogP contribution is -2.41. The Balaban J connectivity index is 2.81. The van der Waals surface area contributed by atoms with Crippen LogP contribution in [0.3, 0.4) is 0 Å². The number of benzene rings is 1. The van der Waals surface area contributed by atoms with Gasteiger partial charge in [0.2, 0.25) is 15.9 Å². The number of hydrogen-bond donors (Lipinski definition) is 1. The highest BCUT2D eigenvalue weighted by molar-refractivity contribution is 7.92. The summed E-state index contributed by atoms with van der Waals surface area (Å²) in [6, 6.07) is 4.46. The van der Waals surface area contributed by atoms with Gasteiger partial charge >= 0.3 is 0 Å². The maximum Gasteiger partial charge on any atom is 0.240 e. The average molecular weight is 382 g/mol. The number of nitrogens with zero attached hydrogens (tertiary/aromatic N) is 2. The highest BCUT2D eigenvalue weighted by Crippen LogP contribution is 2.30. The number of amides is 1. The van der Waals surface area contributed by atoms with E-state index < -0.39 is 15.9 Å². The van der Waals surface area contributed by atoms with Crippen molar-refractivity contribution < 1.29 is 13.2 Å². The molecule has 0 radical (unpaired) electrons. The first kappa shape index (κ1) is 20.0. The van der Waals surface area contributed by atoms with Crippen LogP contribution in [0.4, 0.5) is 5.69 Å². The first-order valence-corrected chi connectivity index (χ1v) is 9.56. The van der Waals surface area contributed by atoms with Gasteiger partial charge in [0.1, 0.15) is 6.54 Å². The zero-order valence-electron chi connectivity index (χ0n) is 13.3. The van der Waals surface area contributed by atoms with Crippen LogP contribution in [0.25, 0.3) is 0 Å². The van der Waals surface area contributed by atoms with Gasteiger partial charge in [-0.1, -0.05) is 23.2 Å². The van der Waals surface area contributed by atoms with Crippen LogP contribution in [0.2, 0.25) is 10.0 Å². The van der Waals surface area contributed by atoms with E-state index >= 15 is 0 Å². The molecule has 1 rings (SSSR count). The molecule has 0 aliphatic heterocycles. The number of carbonyl (C=O) groups is 1. The van der Waals surface area contributed by atoms with E-state index in [4.69, 9.17) is 23.2 Å². The lowest BCUT2D eigenvalue weighted by molar-refractivity contribution is -0.119. The third-order valence-electron chi connectivity index (χ3n) is 2.97. The van der Waals surface area contributed by atoms with Crippen LogP contribution in [0, 0.1) is 0 Å². The number of halogens is 2. The summed E-state index contributed by atoms with van der Waals surface area (Å²) in [5.74, 6) is -0.398. The minimum absolute atomic E-state index is 0.185. The number of hydrogen-bond acceptors (Lipinski definition) is 4. The molecule has 130 valence electrons. The summed E-state index contributed by atoms with van der Waals surface area (Å²) in [6.45, 7) is 0.953. The summed E-state index contributed by atoms with van der Waals surface area (Å²) >= 11 is 11.9. The quantitative estimate of drug-likeness (QED) is 0.697. The van der Waals surface area contributed by atoms with Gasteiger partial charge in [-0.2, -0.15) is 0 Å². The predicted octanol–water partition coefficient (Wildman–Crippen LogP) is 1.83. The maximum atomic E-state index is 12.0. The lowest BCUT2D eigenvalue weighted by atomic mass is 10.3. The maximum absolute atomic E-state index is 12.0. The fourth-order valence-corrected chi connectivity index (χ4v) is 3.16. The summed E-state index contributed by atoms with van der Waals surface area (Å²) in [5, 5.41) is 3.24. The van der Waals surface area contributed by atoms with Crippen molar-refractivity contribution in [2.24, 2.45) is 0 Å². The van der Waals surface area contributed by atoms with Crippen molar-refractivity contribution in [3.8, 4) is 0 Å². The van der Waals surface area contributed by atoms with Crippen LogP contribution in [0.5, 0.6) is 0 Å². The van der Waals surface area contributed by atoms with Gasteiger partial charge in [0.15, 0.2) is 0 Å². The highest BCUT2D eigenvalue weighted by atomic mass is 35.5. The van der Waals surface area contributed by atoms with Crippen molar-refractivity contribution in [3.63, 3.8) is 0 Å². The van der Waals surface area contributed by atoms with E-state index in [1.807, 2.05) is 19.0 Å². The molecule has 1 N–H and O–H groups in total. The normalized spacial score (nSPS) is 11.6. The van der Waals surface area contributed by atoms with E-state index in [1.54, 1.807) is 6.07 Å². The third kappa shape index (κ3) is 6.95. The van der Waals surface area contributed by atoms with Crippen molar-refractivity contribution in [2.75, 3.05) is 44.3 Å². The molecule has 0 aliphatic rings. The van der Waals surface area contributed by atoms with Crippen molar-refractivity contribution in [1.29, 1.82) is 0 Å². The summed E-state index contributed by atoms with van der Waals surface area (Å²) < 4.78 is 24.9. The third-order valence-corrected chi connectivity index (χ3v) is 4.65. The number of sulfonamides is 1. The topological polar surface area (TPSA) is 69.7 Å². The van der Waals surface area contributed by atoms with Crippen LogP contribution in [-0.2, 0) is 14.8 Å². The molecule has 9 heteroatoms. The molecule has 1 amide bonds. The van der Waals surface area contributed by atoms with Gasteiger partial charge in [0, 0.05) is 11.6 Å². The molecular weight excluding hydrogens is 361 g/mol. The van der Waals surface area contributed by atoms with Gasteiger partial charge < -0.3 is 10.2 Å². The molecule has 0 aromatic heterocycles. The number of carbonyl (C=O) groups excluding carboxylic acids is 1. The molecule has 0 atom stereocenters. The molecule has 0 aliphatic carbocycles. The van der Waals surface area contributed by atoms with Crippen molar-refractivity contribution in [2.45, 2.75) is 6.42 Å². The summed E-state index contributed by atoms with van der Waals surface area (Å²) in [5.41, 5.74) is 0.185. The number of nitrogens with one attached hydrogen (secondary N) is 1. The minimum atomic E-state index is -3.68. The lowest BCUT2D eigenvalue weighted by Gasteiger charge is -2.23. The van der Waals surface area contributed by atoms with E-state index in [9.17, 15) is 13.2 Å². The van der Waals surface area contributed by atoms with Crippen LogP contribution in [0.15, 0.2) is 18.2 Å². The second-order valence-electron chi connectivity index (χ2n) is 5.37. The van der Waals surface area contributed by atoms with E-state index in [1.165, 1.54) is 12.1 Å². The number of rotatable bonds is 8. The smallest absolute Gasteiger partial charge is 0.240 e. The van der Waals surface area contributed by atoms with E-state index in [0.717, 1.165) is 23.5 Å². The Morgan fingerprint density at radius 3 is 2.48 bits per heavy atom. The summed E-state index contributed by atoms with van der Waals surface area (Å²) in [7, 11) is 0.203. The van der Waals surface area contributed by atoms with Gasteiger partial charge in [-0.05, 0) is 45.3 Å². The Bertz CT molecular complexity index is 651. The second-order valence-corrected chi connectivity index (χ2v) is 8.12. The summed E-state index contributed by atoms with van der Waals surface area (Å²) in [6.07, 6.45) is 1.79. The van der Waals surface area contributed by atoms with Crippen molar-refractivity contribution in [1.82, 2.24) is 10.2 Å². The van der Waals surface area contributed by atoms with Gasteiger partial charge in [-0.15, -0.1) is 0 Å². The molecule has 0 bridgehead atoms. The molecule has 23 heavy (non-hydrogen) atoms. The van der Waals surface area contributed by atoms with Gasteiger partial charge in [0.05, 0.1) is 17.0 Å². The van der Waals surface area contributed by atoms with E-state index in [2.05, 4.69) is 5.32 Å². The Kier molecular flexibility index (Phi) is 7.60. The Morgan fingerprint density at radius 1 is 1.26 bits per heavy atom. The Labute approximate surface area is 147 Å². The first-order valence-electron chi connectivity index (χ1n) is 6.95. The molecule has 0 spiro atoms. The van der Waals surface area contributed by atoms with Crippen LogP contribution in [0.1, 0.15) is 6.42 Å². The molecule has 0 unspecified atom stereocenters. The largest absolute Gasteiger partial charge is 0.354 e. The fraction of sp³-hybridized carbons (Fsp3) is 0.500.